The van der Waals surface area contributed by atoms with Crippen molar-refractivity contribution >= 4 is 33.5 Å². The minimum atomic E-state index is -1.14. The summed E-state index contributed by atoms with van der Waals surface area (Å²) in [6.07, 6.45) is 4.63. The molecule has 4 aromatic carbocycles. The van der Waals surface area contributed by atoms with E-state index in [2.05, 4.69) is 57.3 Å². The zero-order chi connectivity index (χ0) is 36.5. The molecule has 0 unspecified atom stereocenters. The first kappa shape index (κ1) is 34.3. The molecule has 0 atom stereocenters. The number of aromatic carboxylic acids is 1. The first-order valence-electron chi connectivity index (χ1n) is 17.1. The Balaban J connectivity index is 1.34. The van der Waals surface area contributed by atoms with Crippen LogP contribution in [0.2, 0.25) is 5.15 Å². The number of hydrogen-bond donors (Lipinski definition) is 1. The standard InChI is InChI=1S/C42H32BrClN6O3/c1-2-14-35-45-39(44)38(41(51)52)49(35)25-33-30-23-24-53-26-34(30)37(43)36(33)31-21-12-13-22-32(31)40-46-48-50(47-40)42(27-15-6-3-7-16-27,28-17-8-4-9-18-28)29-19-10-5-11-20-29/h3-13,15-24,26H,2,14,25H2,1H3,(H,51,52). The molecule has 8 rings (SSSR count). The van der Waals surface area contributed by atoms with Crippen LogP contribution in [-0.2, 0) is 18.5 Å². The Morgan fingerprint density at radius 2 is 1.40 bits per heavy atom. The van der Waals surface area contributed by atoms with Gasteiger partial charge in [0.25, 0.3) is 0 Å². The molecular weight excluding hydrogens is 752 g/mol. The van der Waals surface area contributed by atoms with E-state index in [9.17, 15) is 9.90 Å². The number of rotatable bonds is 11. The lowest BCUT2D eigenvalue weighted by atomic mass is 9.77. The van der Waals surface area contributed by atoms with Crippen LogP contribution in [0.4, 0.5) is 0 Å². The Kier molecular flexibility index (Phi) is 9.24. The van der Waals surface area contributed by atoms with Crippen molar-refractivity contribution in [2.24, 2.45) is 0 Å². The summed E-state index contributed by atoms with van der Waals surface area (Å²) in [7, 11) is 0. The van der Waals surface area contributed by atoms with E-state index in [1.54, 1.807) is 21.9 Å². The van der Waals surface area contributed by atoms with Crippen LogP contribution < -0.4 is 0 Å². The number of imidazole rings is 1. The van der Waals surface area contributed by atoms with E-state index in [0.717, 1.165) is 61.0 Å². The molecule has 3 heterocycles. The molecule has 0 amide bonds. The lowest BCUT2D eigenvalue weighted by Gasteiger charge is -2.34. The van der Waals surface area contributed by atoms with Gasteiger partial charge in [-0.25, -0.2) is 9.78 Å². The van der Waals surface area contributed by atoms with Gasteiger partial charge in [0.15, 0.2) is 16.4 Å². The van der Waals surface area contributed by atoms with Gasteiger partial charge in [0.2, 0.25) is 5.82 Å². The summed E-state index contributed by atoms with van der Waals surface area (Å²) in [6, 6.07) is 40.4. The second-order valence-electron chi connectivity index (χ2n) is 12.6. The monoisotopic (exact) mass is 782 g/mol. The van der Waals surface area contributed by atoms with Crippen LogP contribution in [0.15, 0.2) is 143 Å². The molecule has 0 bridgehead atoms. The van der Waals surface area contributed by atoms with Crippen LogP contribution in [0.3, 0.4) is 0 Å². The number of aryl methyl sites for hydroxylation is 1. The van der Waals surface area contributed by atoms with Crippen LogP contribution in [0, 0.1) is 0 Å². The van der Waals surface area contributed by atoms with E-state index in [0.29, 0.717) is 18.1 Å². The summed E-state index contributed by atoms with van der Waals surface area (Å²) < 4.78 is 8.13. The number of tetrazole rings is 1. The number of fused-ring (bicyclic) bond motifs is 1. The maximum absolute atomic E-state index is 12.5. The Morgan fingerprint density at radius 1 is 0.811 bits per heavy atom. The maximum atomic E-state index is 12.5. The zero-order valence-electron chi connectivity index (χ0n) is 28.5. The van der Waals surface area contributed by atoms with Crippen molar-refractivity contribution in [2.45, 2.75) is 31.8 Å². The molecule has 1 N–H and O–H groups in total. The van der Waals surface area contributed by atoms with Gasteiger partial charge in [0, 0.05) is 27.6 Å². The Hall–Kier alpha value is -5.84. The minimum Gasteiger partial charge on any atom is -0.476 e. The Morgan fingerprint density at radius 3 is 1.98 bits per heavy atom. The Labute approximate surface area is 319 Å². The van der Waals surface area contributed by atoms with Crippen LogP contribution in [0.25, 0.3) is 33.6 Å². The van der Waals surface area contributed by atoms with Gasteiger partial charge >= 0.3 is 5.97 Å². The molecule has 0 saturated heterocycles. The first-order chi connectivity index (χ1) is 25.9. The fourth-order valence-corrected chi connectivity index (χ4v) is 8.35. The lowest BCUT2D eigenvalue weighted by Crippen LogP contribution is -2.39. The number of carboxylic acids is 1. The smallest absolute Gasteiger partial charge is 0.355 e. The van der Waals surface area contributed by atoms with Crippen molar-refractivity contribution in [1.82, 2.24) is 29.8 Å². The summed E-state index contributed by atoms with van der Waals surface area (Å²) in [4.78, 5) is 18.7. The number of benzene rings is 4. The normalized spacial score (nSPS) is 11.7. The van der Waals surface area contributed by atoms with Crippen LogP contribution >= 0.6 is 27.5 Å². The quantitative estimate of drug-likeness (QED) is 0.130. The number of aromatic nitrogens is 6. The van der Waals surface area contributed by atoms with E-state index < -0.39 is 11.5 Å². The van der Waals surface area contributed by atoms with Crippen molar-refractivity contribution in [1.29, 1.82) is 0 Å². The summed E-state index contributed by atoms with van der Waals surface area (Å²) in [6.45, 7) is 2.22. The molecule has 0 fully saturated rings. The van der Waals surface area contributed by atoms with Crippen LogP contribution in [0.1, 0.15) is 51.9 Å². The van der Waals surface area contributed by atoms with Gasteiger partial charge < -0.3 is 14.1 Å². The zero-order valence-corrected chi connectivity index (χ0v) is 30.9. The van der Waals surface area contributed by atoms with Gasteiger partial charge in [0.05, 0.1) is 19.1 Å². The van der Waals surface area contributed by atoms with Gasteiger partial charge in [-0.2, -0.15) is 0 Å². The predicted molar refractivity (Wildman–Crippen MR) is 207 cm³/mol. The summed E-state index contributed by atoms with van der Waals surface area (Å²) >= 11 is 10.3. The molecule has 53 heavy (non-hydrogen) atoms. The summed E-state index contributed by atoms with van der Waals surface area (Å²) in [5.41, 5.74) is 6.93. The second-order valence-corrected chi connectivity index (χ2v) is 13.8. The number of halogens is 2. The number of hydrogen-bond acceptors (Lipinski definition) is 6. The average molecular weight is 784 g/mol. The van der Waals surface area contributed by atoms with Crippen molar-refractivity contribution in [3.8, 4) is 33.6 Å². The second kappa shape index (κ2) is 14.3. The van der Waals surface area contributed by atoms with E-state index in [4.69, 9.17) is 31.4 Å². The van der Waals surface area contributed by atoms with Gasteiger partial charge in [-0.3, -0.25) is 0 Å². The lowest BCUT2D eigenvalue weighted by molar-refractivity contribution is 0.0685. The SMILES string of the molecule is CCCc1nc(Cl)c(C(=O)O)n1Cc1c2ccocc-2c(Br)c1-c1ccccc1-c1nnn(C(c2ccccc2)(c2ccccc2)c2ccccc2)n1. The molecule has 0 saturated carbocycles. The molecule has 11 heteroatoms. The fraction of sp³-hybridized carbons (Fsp3) is 0.119. The van der Waals surface area contributed by atoms with Gasteiger partial charge in [-0.05, 0) is 67.0 Å². The molecule has 1 aliphatic heterocycles. The third kappa shape index (κ3) is 5.84. The molecule has 0 radical (unpaired) electrons. The molecular formula is C42H32BrClN6O3. The van der Waals surface area contributed by atoms with E-state index in [1.807, 2.05) is 91.9 Å². The third-order valence-electron chi connectivity index (χ3n) is 9.59. The Bertz CT molecular complexity index is 2420. The molecule has 2 aromatic heterocycles. The topological polar surface area (TPSA) is 112 Å². The molecule has 2 aliphatic rings. The minimum absolute atomic E-state index is 0.0348. The van der Waals surface area contributed by atoms with E-state index >= 15 is 0 Å². The van der Waals surface area contributed by atoms with Crippen LogP contribution in [-0.4, -0.2) is 40.8 Å². The molecule has 262 valence electrons. The van der Waals surface area contributed by atoms with Crippen LogP contribution in [0.5, 0.6) is 0 Å². The molecule has 1 aliphatic carbocycles. The highest BCUT2D eigenvalue weighted by Crippen LogP contribution is 2.49. The van der Waals surface area contributed by atoms with Gasteiger partial charge in [-0.15, -0.1) is 15.0 Å². The number of carbonyl (C=O) groups is 1. The average Bonchev–Trinajstić information content (AvgIpc) is 3.88. The van der Waals surface area contributed by atoms with Gasteiger partial charge in [0.1, 0.15) is 5.82 Å². The summed E-state index contributed by atoms with van der Waals surface area (Å²) in [5.74, 6) is -0.121. The number of nitrogens with zero attached hydrogens (tertiary/aromatic N) is 6. The largest absolute Gasteiger partial charge is 0.476 e. The molecule has 0 spiro atoms. The van der Waals surface area contributed by atoms with Crippen molar-refractivity contribution in [3.63, 3.8) is 0 Å². The molecule has 6 aromatic rings. The van der Waals surface area contributed by atoms with E-state index in [-0.39, 0.29) is 17.4 Å². The predicted octanol–water partition coefficient (Wildman–Crippen LogP) is 9.86. The highest BCUT2D eigenvalue weighted by Gasteiger charge is 2.41. The summed E-state index contributed by atoms with van der Waals surface area (Å²) in [5, 5.41) is 24.9. The van der Waals surface area contributed by atoms with Crippen molar-refractivity contribution in [2.75, 3.05) is 0 Å². The first-order valence-corrected chi connectivity index (χ1v) is 18.3. The highest BCUT2D eigenvalue weighted by molar-refractivity contribution is 9.10. The van der Waals surface area contributed by atoms with Crippen molar-refractivity contribution in [3.05, 3.63) is 177 Å². The fourth-order valence-electron chi connectivity index (χ4n) is 7.31. The molecule has 9 nitrogen and oxygen atoms in total. The highest BCUT2D eigenvalue weighted by atomic mass is 79.9. The maximum Gasteiger partial charge on any atom is 0.355 e. The van der Waals surface area contributed by atoms with E-state index in [1.165, 1.54) is 0 Å². The number of carboxylic acid groups (broad SMARTS) is 1. The van der Waals surface area contributed by atoms with Gasteiger partial charge in [-0.1, -0.05) is 134 Å². The van der Waals surface area contributed by atoms with Crippen molar-refractivity contribution < 1.29 is 14.3 Å². The third-order valence-corrected chi connectivity index (χ3v) is 10.7.